The Morgan fingerprint density at radius 1 is 1.32 bits per heavy atom. The molecule has 100 valence electrons. The Morgan fingerprint density at radius 2 is 2.21 bits per heavy atom. The molecular formula is C15H19N3O. The molecule has 0 saturated carbocycles. The van der Waals surface area contributed by atoms with E-state index in [9.17, 15) is 0 Å². The average Bonchev–Trinajstić information content (AvgIpc) is 2.73. The summed E-state index contributed by atoms with van der Waals surface area (Å²) in [5.74, 6) is 1.36. The van der Waals surface area contributed by atoms with E-state index < -0.39 is 0 Å². The molecule has 4 nitrogen and oxygen atoms in total. The van der Waals surface area contributed by atoms with Crippen LogP contribution in [0.15, 0.2) is 28.8 Å². The molecule has 1 aromatic carbocycles. The summed E-state index contributed by atoms with van der Waals surface area (Å²) >= 11 is 0. The Hall–Kier alpha value is -1.68. The van der Waals surface area contributed by atoms with Crippen molar-refractivity contribution in [2.24, 2.45) is 0 Å². The van der Waals surface area contributed by atoms with Crippen LogP contribution in [0.4, 0.5) is 0 Å². The van der Waals surface area contributed by atoms with Gasteiger partial charge >= 0.3 is 0 Å². The van der Waals surface area contributed by atoms with Crippen LogP contribution in [-0.2, 0) is 13.0 Å². The standard InChI is InChI=1S/C15H19N3O/c1-11-17-15(18-19-11)10-16-14-9-5-3-7-12-6-2-4-8-13(12)14/h2,4,6,8,14,16H,3,5,7,9-10H2,1H3. The van der Waals surface area contributed by atoms with E-state index in [4.69, 9.17) is 4.52 Å². The molecule has 1 aliphatic carbocycles. The molecule has 0 bridgehead atoms. The van der Waals surface area contributed by atoms with Crippen LogP contribution in [0.5, 0.6) is 0 Å². The minimum absolute atomic E-state index is 0.400. The van der Waals surface area contributed by atoms with Gasteiger partial charge in [0.05, 0.1) is 6.54 Å². The Balaban J connectivity index is 1.73. The molecular weight excluding hydrogens is 238 g/mol. The van der Waals surface area contributed by atoms with Gasteiger partial charge in [0.2, 0.25) is 5.89 Å². The highest BCUT2D eigenvalue weighted by Crippen LogP contribution is 2.28. The topological polar surface area (TPSA) is 51.0 Å². The molecule has 1 aromatic heterocycles. The summed E-state index contributed by atoms with van der Waals surface area (Å²) in [7, 11) is 0. The third kappa shape index (κ3) is 2.84. The van der Waals surface area contributed by atoms with Crippen molar-refractivity contribution < 1.29 is 4.52 Å². The maximum absolute atomic E-state index is 5.00. The average molecular weight is 257 g/mol. The summed E-state index contributed by atoms with van der Waals surface area (Å²) in [6.07, 6.45) is 4.90. The number of hydrogen-bond acceptors (Lipinski definition) is 4. The van der Waals surface area contributed by atoms with Crippen LogP contribution in [0.1, 0.15) is 48.1 Å². The zero-order valence-corrected chi connectivity index (χ0v) is 11.2. The molecule has 0 aliphatic heterocycles. The van der Waals surface area contributed by atoms with E-state index in [1.807, 2.05) is 6.92 Å². The summed E-state index contributed by atoms with van der Waals surface area (Å²) in [5.41, 5.74) is 2.90. The number of aromatic nitrogens is 2. The smallest absolute Gasteiger partial charge is 0.223 e. The first-order valence-corrected chi connectivity index (χ1v) is 6.93. The summed E-state index contributed by atoms with van der Waals surface area (Å²) in [4.78, 5) is 4.23. The zero-order chi connectivity index (χ0) is 13.1. The molecule has 3 rings (SSSR count). The first-order valence-electron chi connectivity index (χ1n) is 6.93. The number of nitrogens with zero attached hydrogens (tertiary/aromatic N) is 2. The maximum Gasteiger partial charge on any atom is 0.223 e. The first kappa shape index (κ1) is 12.4. The summed E-state index contributed by atoms with van der Waals surface area (Å²) in [5, 5.41) is 7.49. The van der Waals surface area contributed by atoms with Gasteiger partial charge in [-0.1, -0.05) is 35.8 Å². The second-order valence-corrected chi connectivity index (χ2v) is 5.11. The van der Waals surface area contributed by atoms with E-state index >= 15 is 0 Å². The SMILES string of the molecule is Cc1nc(CNC2CCCCc3ccccc32)no1. The second-order valence-electron chi connectivity index (χ2n) is 5.11. The van der Waals surface area contributed by atoms with Crippen molar-refractivity contribution in [3.05, 3.63) is 47.1 Å². The molecule has 4 heteroatoms. The predicted molar refractivity (Wildman–Crippen MR) is 72.6 cm³/mol. The lowest BCUT2D eigenvalue weighted by molar-refractivity contribution is 0.382. The minimum Gasteiger partial charge on any atom is -0.340 e. The van der Waals surface area contributed by atoms with Crippen molar-refractivity contribution in [2.45, 2.75) is 45.2 Å². The van der Waals surface area contributed by atoms with Gasteiger partial charge in [-0.3, -0.25) is 0 Å². The molecule has 0 amide bonds. The van der Waals surface area contributed by atoms with Crippen LogP contribution in [-0.4, -0.2) is 10.1 Å². The predicted octanol–water partition coefficient (Wildman–Crippen LogP) is 2.94. The van der Waals surface area contributed by atoms with E-state index in [0.717, 1.165) is 5.82 Å². The van der Waals surface area contributed by atoms with Crippen molar-refractivity contribution in [1.82, 2.24) is 15.5 Å². The van der Waals surface area contributed by atoms with Gasteiger partial charge in [0, 0.05) is 13.0 Å². The molecule has 2 aromatic rings. The second kappa shape index (κ2) is 5.53. The number of aryl methyl sites for hydroxylation is 2. The normalized spacial score (nSPS) is 18.9. The van der Waals surface area contributed by atoms with Crippen molar-refractivity contribution in [2.75, 3.05) is 0 Å². The van der Waals surface area contributed by atoms with Crippen LogP contribution in [0, 0.1) is 6.92 Å². The largest absolute Gasteiger partial charge is 0.340 e. The highest BCUT2D eigenvalue weighted by molar-refractivity contribution is 5.31. The molecule has 0 fully saturated rings. The molecule has 1 aliphatic rings. The number of fused-ring (bicyclic) bond motifs is 1. The number of benzene rings is 1. The lowest BCUT2D eigenvalue weighted by atomic mass is 9.99. The molecule has 0 spiro atoms. The molecule has 1 N–H and O–H groups in total. The third-order valence-corrected chi connectivity index (χ3v) is 3.70. The van der Waals surface area contributed by atoms with Gasteiger partial charge in [0.1, 0.15) is 0 Å². The van der Waals surface area contributed by atoms with Gasteiger partial charge < -0.3 is 9.84 Å². The fourth-order valence-corrected chi connectivity index (χ4v) is 2.76. The van der Waals surface area contributed by atoms with Crippen LogP contribution in [0.25, 0.3) is 0 Å². The summed E-state index contributed by atoms with van der Waals surface area (Å²) < 4.78 is 5.00. The first-order chi connectivity index (χ1) is 9.33. The van der Waals surface area contributed by atoms with Gasteiger partial charge in [-0.05, 0) is 30.4 Å². The van der Waals surface area contributed by atoms with Gasteiger partial charge in [-0.25, -0.2) is 0 Å². The van der Waals surface area contributed by atoms with E-state index in [0.29, 0.717) is 18.5 Å². The third-order valence-electron chi connectivity index (χ3n) is 3.70. The van der Waals surface area contributed by atoms with E-state index in [2.05, 4.69) is 39.7 Å². The Labute approximate surface area is 113 Å². The minimum atomic E-state index is 0.400. The molecule has 0 saturated heterocycles. The van der Waals surface area contributed by atoms with Crippen molar-refractivity contribution >= 4 is 0 Å². The number of hydrogen-bond donors (Lipinski definition) is 1. The zero-order valence-electron chi connectivity index (χ0n) is 11.2. The Morgan fingerprint density at radius 3 is 3.05 bits per heavy atom. The van der Waals surface area contributed by atoms with Gasteiger partial charge in [-0.2, -0.15) is 4.98 Å². The van der Waals surface area contributed by atoms with E-state index in [1.54, 1.807) is 0 Å². The van der Waals surface area contributed by atoms with Crippen LogP contribution >= 0.6 is 0 Å². The summed E-state index contributed by atoms with van der Waals surface area (Å²) in [6, 6.07) is 9.13. The Kier molecular flexibility index (Phi) is 3.60. The lowest BCUT2D eigenvalue weighted by Crippen LogP contribution is -2.21. The molecule has 1 atom stereocenters. The van der Waals surface area contributed by atoms with Gasteiger partial charge in [0.25, 0.3) is 0 Å². The van der Waals surface area contributed by atoms with Crippen molar-refractivity contribution in [3.8, 4) is 0 Å². The quantitative estimate of drug-likeness (QED) is 0.859. The molecule has 19 heavy (non-hydrogen) atoms. The van der Waals surface area contributed by atoms with Crippen molar-refractivity contribution in [1.29, 1.82) is 0 Å². The monoisotopic (exact) mass is 257 g/mol. The number of nitrogens with one attached hydrogen (secondary N) is 1. The van der Waals surface area contributed by atoms with E-state index in [-0.39, 0.29) is 0 Å². The van der Waals surface area contributed by atoms with Crippen molar-refractivity contribution in [3.63, 3.8) is 0 Å². The molecule has 1 heterocycles. The molecule has 1 unspecified atom stereocenters. The fourth-order valence-electron chi connectivity index (χ4n) is 2.76. The number of rotatable bonds is 3. The fraction of sp³-hybridized carbons (Fsp3) is 0.467. The van der Waals surface area contributed by atoms with Crippen LogP contribution in [0.3, 0.4) is 0 Å². The van der Waals surface area contributed by atoms with Crippen LogP contribution < -0.4 is 5.32 Å². The Bertz CT molecular complexity index is 550. The van der Waals surface area contributed by atoms with Gasteiger partial charge in [0.15, 0.2) is 5.82 Å². The highest BCUT2D eigenvalue weighted by Gasteiger charge is 2.18. The summed E-state index contributed by atoms with van der Waals surface area (Å²) in [6.45, 7) is 2.48. The lowest BCUT2D eigenvalue weighted by Gasteiger charge is -2.18. The highest BCUT2D eigenvalue weighted by atomic mass is 16.5. The van der Waals surface area contributed by atoms with Gasteiger partial charge in [-0.15, -0.1) is 0 Å². The van der Waals surface area contributed by atoms with E-state index in [1.165, 1.54) is 36.8 Å². The maximum atomic E-state index is 5.00. The molecule has 0 radical (unpaired) electrons. The van der Waals surface area contributed by atoms with Crippen LogP contribution in [0.2, 0.25) is 0 Å².